The van der Waals surface area contributed by atoms with Gasteiger partial charge in [-0.2, -0.15) is 0 Å². The minimum Gasteiger partial charge on any atom is -0.497 e. The van der Waals surface area contributed by atoms with Crippen molar-refractivity contribution in [3.05, 3.63) is 94.5 Å². The Kier molecular flexibility index (Phi) is 8.30. The zero-order valence-corrected chi connectivity index (χ0v) is 20.5. The summed E-state index contributed by atoms with van der Waals surface area (Å²) in [6, 6.07) is 20.2. The first-order valence-corrected chi connectivity index (χ1v) is 11.5. The normalized spacial score (nSPS) is 11.4. The van der Waals surface area contributed by atoms with Crippen molar-refractivity contribution in [3.8, 4) is 5.75 Å². The Morgan fingerprint density at radius 2 is 1.56 bits per heavy atom. The number of ether oxygens (including phenoxy) is 1. The highest BCUT2D eigenvalue weighted by Crippen LogP contribution is 2.18. The van der Waals surface area contributed by atoms with Crippen LogP contribution < -0.4 is 15.5 Å². The SMILES string of the molecule is CCN(Nc1ccc(OC)cc1)C(=O)C(Cc1ccccc1)NC(=O)c1cc(C)c(C)cc1C. The third kappa shape index (κ3) is 6.16. The quantitative estimate of drug-likeness (QED) is 0.450. The van der Waals surface area contributed by atoms with E-state index in [0.717, 1.165) is 33.7 Å². The Labute approximate surface area is 201 Å². The number of amides is 2. The van der Waals surface area contributed by atoms with Crippen LogP contribution in [-0.2, 0) is 11.2 Å². The predicted molar refractivity (Wildman–Crippen MR) is 136 cm³/mol. The molecule has 1 unspecified atom stereocenters. The van der Waals surface area contributed by atoms with Gasteiger partial charge >= 0.3 is 0 Å². The zero-order chi connectivity index (χ0) is 24.7. The summed E-state index contributed by atoms with van der Waals surface area (Å²) in [6.45, 7) is 8.24. The topological polar surface area (TPSA) is 70.7 Å². The maximum Gasteiger partial charge on any atom is 0.263 e. The molecule has 0 aromatic heterocycles. The molecule has 0 saturated heterocycles. The molecule has 3 aromatic rings. The summed E-state index contributed by atoms with van der Waals surface area (Å²) in [4.78, 5) is 26.9. The van der Waals surface area contributed by atoms with Gasteiger partial charge in [0.15, 0.2) is 0 Å². The molecule has 0 aliphatic carbocycles. The van der Waals surface area contributed by atoms with Crippen LogP contribution in [-0.4, -0.2) is 36.5 Å². The first-order chi connectivity index (χ1) is 16.3. The standard InChI is InChI=1S/C28H33N3O3/c1-6-31(30-23-12-14-24(34-5)15-13-23)28(33)26(18-22-10-8-7-9-11-22)29-27(32)25-17-20(3)19(2)16-21(25)4/h7-17,26,30H,6,18H2,1-5H3,(H,29,32). The summed E-state index contributed by atoms with van der Waals surface area (Å²) in [5.74, 6) is 0.269. The van der Waals surface area contributed by atoms with Crippen molar-refractivity contribution in [2.75, 3.05) is 19.1 Å². The van der Waals surface area contributed by atoms with E-state index in [1.54, 1.807) is 7.11 Å². The Balaban J connectivity index is 1.85. The summed E-state index contributed by atoms with van der Waals surface area (Å²) in [6.07, 6.45) is 0.385. The van der Waals surface area contributed by atoms with Crippen LogP contribution >= 0.6 is 0 Å². The van der Waals surface area contributed by atoms with Crippen molar-refractivity contribution in [3.63, 3.8) is 0 Å². The fourth-order valence-electron chi connectivity index (χ4n) is 3.79. The number of methoxy groups -OCH3 is 1. The van der Waals surface area contributed by atoms with Gasteiger partial charge in [0.25, 0.3) is 11.8 Å². The van der Waals surface area contributed by atoms with Crippen LogP contribution in [0.5, 0.6) is 5.75 Å². The van der Waals surface area contributed by atoms with Gasteiger partial charge in [-0.25, -0.2) is 0 Å². The second-order valence-electron chi connectivity index (χ2n) is 8.39. The molecule has 0 heterocycles. The number of aryl methyl sites for hydroxylation is 3. The number of carbonyl (C=O) groups is 2. The van der Waals surface area contributed by atoms with Crippen molar-refractivity contribution in [1.82, 2.24) is 10.3 Å². The van der Waals surface area contributed by atoms with Gasteiger partial charge in [0, 0.05) is 18.5 Å². The molecule has 3 rings (SSSR count). The van der Waals surface area contributed by atoms with E-state index in [1.807, 2.05) is 94.4 Å². The maximum absolute atomic E-state index is 13.6. The number of nitrogens with one attached hydrogen (secondary N) is 2. The Hall–Kier alpha value is -3.80. The number of nitrogens with zero attached hydrogens (tertiary/aromatic N) is 1. The van der Waals surface area contributed by atoms with Crippen molar-refractivity contribution >= 4 is 17.5 Å². The summed E-state index contributed by atoms with van der Waals surface area (Å²) in [5.41, 5.74) is 8.53. The summed E-state index contributed by atoms with van der Waals surface area (Å²) in [5, 5.41) is 4.53. The number of benzene rings is 3. The van der Waals surface area contributed by atoms with E-state index in [4.69, 9.17) is 4.74 Å². The number of carbonyl (C=O) groups excluding carboxylic acids is 2. The van der Waals surface area contributed by atoms with Gasteiger partial charge < -0.3 is 10.1 Å². The van der Waals surface area contributed by atoms with E-state index in [9.17, 15) is 9.59 Å². The van der Waals surface area contributed by atoms with Crippen molar-refractivity contribution < 1.29 is 14.3 Å². The van der Waals surface area contributed by atoms with E-state index in [1.165, 1.54) is 5.01 Å². The fourth-order valence-corrected chi connectivity index (χ4v) is 3.79. The predicted octanol–water partition coefficient (Wildman–Crippen LogP) is 4.84. The number of hydrogen-bond acceptors (Lipinski definition) is 4. The third-order valence-corrected chi connectivity index (χ3v) is 5.91. The molecule has 0 bridgehead atoms. The average molecular weight is 460 g/mol. The molecule has 3 aromatic carbocycles. The van der Waals surface area contributed by atoms with Crippen molar-refractivity contribution in [2.24, 2.45) is 0 Å². The summed E-state index contributed by atoms with van der Waals surface area (Å²) >= 11 is 0. The van der Waals surface area contributed by atoms with E-state index in [-0.39, 0.29) is 11.8 Å². The lowest BCUT2D eigenvalue weighted by Gasteiger charge is -2.28. The molecule has 0 fully saturated rings. The highest BCUT2D eigenvalue weighted by Gasteiger charge is 2.27. The van der Waals surface area contributed by atoms with Crippen LogP contribution in [0.3, 0.4) is 0 Å². The average Bonchev–Trinajstić information content (AvgIpc) is 2.84. The van der Waals surface area contributed by atoms with E-state index in [0.29, 0.717) is 18.5 Å². The molecule has 0 saturated carbocycles. The number of likely N-dealkylation sites (N-methyl/N-ethyl adjacent to an activating group) is 1. The molecule has 2 amide bonds. The molecule has 2 N–H and O–H groups in total. The smallest absolute Gasteiger partial charge is 0.263 e. The third-order valence-electron chi connectivity index (χ3n) is 5.91. The van der Waals surface area contributed by atoms with Crippen molar-refractivity contribution in [2.45, 2.75) is 40.2 Å². The number of anilines is 1. The molecule has 6 heteroatoms. The molecular weight excluding hydrogens is 426 g/mol. The Bertz CT molecular complexity index is 1130. The lowest BCUT2D eigenvalue weighted by molar-refractivity contribution is -0.131. The minimum atomic E-state index is -0.735. The second-order valence-corrected chi connectivity index (χ2v) is 8.39. The van der Waals surface area contributed by atoms with Crippen LogP contribution in [0.4, 0.5) is 5.69 Å². The molecule has 6 nitrogen and oxygen atoms in total. The van der Waals surface area contributed by atoms with Crippen LogP contribution in [0.15, 0.2) is 66.7 Å². The van der Waals surface area contributed by atoms with Gasteiger partial charge in [-0.05, 0) is 80.3 Å². The van der Waals surface area contributed by atoms with Crippen LogP contribution in [0.2, 0.25) is 0 Å². The monoisotopic (exact) mass is 459 g/mol. The number of hydrogen-bond donors (Lipinski definition) is 2. The first-order valence-electron chi connectivity index (χ1n) is 11.5. The maximum atomic E-state index is 13.6. The lowest BCUT2D eigenvalue weighted by atomic mass is 9.99. The van der Waals surface area contributed by atoms with Gasteiger partial charge in [0.2, 0.25) is 0 Å². The largest absolute Gasteiger partial charge is 0.497 e. The molecular formula is C28H33N3O3. The molecule has 0 radical (unpaired) electrons. The molecule has 34 heavy (non-hydrogen) atoms. The van der Waals surface area contributed by atoms with E-state index >= 15 is 0 Å². The highest BCUT2D eigenvalue weighted by atomic mass is 16.5. The molecule has 0 aliphatic rings. The van der Waals surface area contributed by atoms with Crippen molar-refractivity contribution in [1.29, 1.82) is 0 Å². The van der Waals surface area contributed by atoms with Gasteiger partial charge in [0.05, 0.1) is 12.8 Å². The molecule has 1 atom stereocenters. The highest BCUT2D eigenvalue weighted by molar-refractivity contribution is 5.99. The van der Waals surface area contributed by atoms with Crippen LogP contribution in [0.1, 0.15) is 39.5 Å². The number of hydrazine groups is 1. The van der Waals surface area contributed by atoms with Gasteiger partial charge in [-0.15, -0.1) is 0 Å². The summed E-state index contributed by atoms with van der Waals surface area (Å²) < 4.78 is 5.21. The number of rotatable bonds is 9. The Morgan fingerprint density at radius 3 is 2.18 bits per heavy atom. The van der Waals surface area contributed by atoms with Crippen LogP contribution in [0.25, 0.3) is 0 Å². The van der Waals surface area contributed by atoms with Gasteiger partial charge in [-0.3, -0.25) is 20.0 Å². The molecule has 0 aliphatic heterocycles. The van der Waals surface area contributed by atoms with Gasteiger partial charge in [-0.1, -0.05) is 36.4 Å². The van der Waals surface area contributed by atoms with Gasteiger partial charge in [0.1, 0.15) is 11.8 Å². The molecule has 178 valence electrons. The first kappa shape index (κ1) is 24.8. The minimum absolute atomic E-state index is 0.211. The summed E-state index contributed by atoms with van der Waals surface area (Å²) in [7, 11) is 1.61. The van der Waals surface area contributed by atoms with Crippen LogP contribution in [0, 0.1) is 20.8 Å². The zero-order valence-electron chi connectivity index (χ0n) is 20.5. The molecule has 0 spiro atoms. The second kappa shape index (κ2) is 11.4. The van der Waals surface area contributed by atoms with E-state index in [2.05, 4.69) is 10.7 Å². The van der Waals surface area contributed by atoms with E-state index < -0.39 is 6.04 Å². The Morgan fingerprint density at radius 1 is 0.912 bits per heavy atom. The fraction of sp³-hybridized carbons (Fsp3) is 0.286. The lowest BCUT2D eigenvalue weighted by Crippen LogP contribution is -2.51.